The highest BCUT2D eigenvalue weighted by atomic mass is 16.1. The lowest BCUT2D eigenvalue weighted by Crippen LogP contribution is -2.39. The minimum Gasteiger partial charge on any atom is -0.353 e. The predicted molar refractivity (Wildman–Crippen MR) is 61.5 cm³/mol. The van der Waals surface area contributed by atoms with Gasteiger partial charge in [0.15, 0.2) is 0 Å². The Morgan fingerprint density at radius 3 is 2.73 bits per heavy atom. The molecule has 0 aromatic heterocycles. The molecule has 2 saturated carbocycles. The highest BCUT2D eigenvalue weighted by Crippen LogP contribution is 2.49. The molecule has 86 valence electrons. The maximum Gasteiger partial charge on any atom is 0.220 e. The monoisotopic (exact) mass is 209 g/mol. The quantitative estimate of drug-likeness (QED) is 0.758. The fourth-order valence-electron chi connectivity index (χ4n) is 3.57. The first-order valence-corrected chi connectivity index (χ1v) is 6.50. The molecule has 0 heterocycles. The van der Waals surface area contributed by atoms with Crippen molar-refractivity contribution < 1.29 is 4.79 Å². The summed E-state index contributed by atoms with van der Waals surface area (Å²) in [6.07, 6.45) is 7.28. The Bertz CT molecular complexity index is 239. The van der Waals surface area contributed by atoms with E-state index < -0.39 is 0 Å². The molecule has 0 unspecified atom stereocenters. The van der Waals surface area contributed by atoms with Crippen LogP contribution in [0, 0.1) is 17.8 Å². The maximum absolute atomic E-state index is 11.5. The van der Waals surface area contributed by atoms with Crippen LogP contribution in [0.1, 0.15) is 52.4 Å². The Labute approximate surface area is 92.8 Å². The van der Waals surface area contributed by atoms with E-state index in [0.29, 0.717) is 12.5 Å². The van der Waals surface area contributed by atoms with Gasteiger partial charge in [0.25, 0.3) is 0 Å². The van der Waals surface area contributed by atoms with Crippen molar-refractivity contribution >= 4 is 5.91 Å². The van der Waals surface area contributed by atoms with Crippen molar-refractivity contribution in [3.05, 3.63) is 0 Å². The molecular weight excluding hydrogens is 186 g/mol. The zero-order valence-corrected chi connectivity index (χ0v) is 9.96. The van der Waals surface area contributed by atoms with Crippen molar-refractivity contribution in [2.75, 3.05) is 0 Å². The van der Waals surface area contributed by atoms with E-state index in [1.807, 2.05) is 0 Å². The van der Waals surface area contributed by atoms with E-state index in [1.165, 1.54) is 25.7 Å². The summed E-state index contributed by atoms with van der Waals surface area (Å²) >= 11 is 0. The smallest absolute Gasteiger partial charge is 0.220 e. The van der Waals surface area contributed by atoms with Crippen molar-refractivity contribution in [2.24, 2.45) is 17.8 Å². The number of amides is 1. The number of fused-ring (bicyclic) bond motifs is 2. The van der Waals surface area contributed by atoms with Gasteiger partial charge in [0, 0.05) is 12.5 Å². The Morgan fingerprint density at radius 2 is 2.20 bits per heavy atom. The molecular formula is C13H23NO. The molecule has 2 heteroatoms. The van der Waals surface area contributed by atoms with Crippen molar-refractivity contribution in [1.82, 2.24) is 5.32 Å². The molecule has 15 heavy (non-hydrogen) atoms. The van der Waals surface area contributed by atoms with Crippen LogP contribution in [0.15, 0.2) is 0 Å². The average molecular weight is 209 g/mol. The van der Waals surface area contributed by atoms with Crippen molar-refractivity contribution in [3.8, 4) is 0 Å². The van der Waals surface area contributed by atoms with E-state index >= 15 is 0 Å². The third kappa shape index (κ3) is 2.35. The Hall–Kier alpha value is -0.530. The van der Waals surface area contributed by atoms with Gasteiger partial charge >= 0.3 is 0 Å². The maximum atomic E-state index is 11.5. The fraction of sp³-hybridized carbons (Fsp3) is 0.923. The highest BCUT2D eigenvalue weighted by Gasteiger charge is 2.41. The average Bonchev–Trinajstić information content (AvgIpc) is 2.78. The second-order valence-corrected chi connectivity index (χ2v) is 5.44. The van der Waals surface area contributed by atoms with Gasteiger partial charge in [0.05, 0.1) is 0 Å². The van der Waals surface area contributed by atoms with Crippen LogP contribution >= 0.6 is 0 Å². The Kier molecular flexibility index (Phi) is 3.32. The molecule has 0 aromatic rings. The molecule has 2 aliphatic carbocycles. The minimum atomic E-state index is 0.243. The standard InChI is InChI=1S/C13H23NO/c1-3-4-13(15)14-9(2)12-8-10-5-6-11(12)7-10/h9-12H,3-8H2,1-2H3,(H,14,15)/t9-,10-,11-,12-/m1/s1. The SMILES string of the molecule is CCCC(=O)N[C@H](C)[C@H]1C[C@@H]2CC[C@@H]1C2. The van der Waals surface area contributed by atoms with Gasteiger partial charge < -0.3 is 5.32 Å². The first-order valence-electron chi connectivity index (χ1n) is 6.50. The lowest BCUT2D eigenvalue weighted by atomic mass is 9.84. The van der Waals surface area contributed by atoms with Crippen LogP contribution in [0.4, 0.5) is 0 Å². The van der Waals surface area contributed by atoms with Gasteiger partial charge in [-0.15, -0.1) is 0 Å². The van der Waals surface area contributed by atoms with E-state index in [2.05, 4.69) is 19.2 Å². The molecule has 0 aliphatic heterocycles. The van der Waals surface area contributed by atoms with Crippen LogP contribution in [0.5, 0.6) is 0 Å². The van der Waals surface area contributed by atoms with Crippen molar-refractivity contribution in [3.63, 3.8) is 0 Å². The molecule has 0 radical (unpaired) electrons. The molecule has 2 nitrogen and oxygen atoms in total. The van der Waals surface area contributed by atoms with Crippen LogP contribution in [0.3, 0.4) is 0 Å². The molecule has 0 spiro atoms. The molecule has 2 fully saturated rings. The fourth-order valence-corrected chi connectivity index (χ4v) is 3.57. The number of nitrogens with one attached hydrogen (secondary N) is 1. The summed E-state index contributed by atoms with van der Waals surface area (Å²) in [5, 5.41) is 3.17. The third-order valence-corrected chi connectivity index (χ3v) is 4.30. The van der Waals surface area contributed by atoms with Gasteiger partial charge in [-0.3, -0.25) is 4.79 Å². The zero-order chi connectivity index (χ0) is 10.8. The normalized spacial score (nSPS) is 35.5. The van der Waals surface area contributed by atoms with Gasteiger partial charge in [-0.05, 0) is 50.4 Å². The van der Waals surface area contributed by atoms with Gasteiger partial charge in [0.2, 0.25) is 5.91 Å². The first kappa shape index (κ1) is 11.0. The molecule has 1 N–H and O–H groups in total. The molecule has 2 bridgehead atoms. The predicted octanol–water partition coefficient (Wildman–Crippen LogP) is 2.73. The van der Waals surface area contributed by atoms with E-state index in [4.69, 9.17) is 0 Å². The van der Waals surface area contributed by atoms with Gasteiger partial charge in [-0.1, -0.05) is 13.3 Å². The number of carbonyl (C=O) groups is 1. The topological polar surface area (TPSA) is 29.1 Å². The summed E-state index contributed by atoms with van der Waals surface area (Å²) in [6.45, 7) is 4.25. The van der Waals surface area contributed by atoms with Crippen LogP contribution in [-0.2, 0) is 4.79 Å². The first-order chi connectivity index (χ1) is 7.20. The van der Waals surface area contributed by atoms with E-state index in [9.17, 15) is 4.79 Å². The number of rotatable bonds is 4. The van der Waals surface area contributed by atoms with Gasteiger partial charge in [-0.25, -0.2) is 0 Å². The van der Waals surface area contributed by atoms with E-state index in [1.54, 1.807) is 0 Å². The Balaban J connectivity index is 1.81. The largest absolute Gasteiger partial charge is 0.353 e. The summed E-state index contributed by atoms with van der Waals surface area (Å²) in [7, 11) is 0. The molecule has 1 amide bonds. The molecule has 2 aliphatic rings. The van der Waals surface area contributed by atoms with Crippen LogP contribution in [0.2, 0.25) is 0 Å². The molecule has 2 rings (SSSR count). The lowest BCUT2D eigenvalue weighted by molar-refractivity contribution is -0.122. The van der Waals surface area contributed by atoms with Crippen molar-refractivity contribution in [1.29, 1.82) is 0 Å². The van der Waals surface area contributed by atoms with Gasteiger partial charge in [0.1, 0.15) is 0 Å². The third-order valence-electron chi connectivity index (χ3n) is 4.30. The molecule has 4 atom stereocenters. The van der Waals surface area contributed by atoms with Gasteiger partial charge in [-0.2, -0.15) is 0 Å². The zero-order valence-electron chi connectivity index (χ0n) is 9.96. The van der Waals surface area contributed by atoms with Crippen LogP contribution in [0.25, 0.3) is 0 Å². The second-order valence-electron chi connectivity index (χ2n) is 5.44. The number of hydrogen-bond acceptors (Lipinski definition) is 1. The van der Waals surface area contributed by atoms with Crippen LogP contribution in [-0.4, -0.2) is 11.9 Å². The molecule has 0 saturated heterocycles. The summed E-state index contributed by atoms with van der Waals surface area (Å²) in [5.41, 5.74) is 0. The molecule has 0 aromatic carbocycles. The van der Waals surface area contributed by atoms with Crippen molar-refractivity contribution in [2.45, 2.75) is 58.4 Å². The Morgan fingerprint density at radius 1 is 1.40 bits per heavy atom. The number of carbonyl (C=O) groups excluding carboxylic acids is 1. The minimum absolute atomic E-state index is 0.243. The summed E-state index contributed by atoms with van der Waals surface area (Å²) in [6, 6.07) is 0.402. The second kappa shape index (κ2) is 4.54. The lowest BCUT2D eigenvalue weighted by Gasteiger charge is -2.28. The van der Waals surface area contributed by atoms with E-state index in [-0.39, 0.29) is 5.91 Å². The van der Waals surface area contributed by atoms with Crippen LogP contribution < -0.4 is 5.32 Å². The summed E-state index contributed by atoms with van der Waals surface area (Å²) in [5.74, 6) is 2.90. The van der Waals surface area contributed by atoms with E-state index in [0.717, 1.165) is 24.2 Å². The number of hydrogen-bond donors (Lipinski definition) is 1. The highest BCUT2D eigenvalue weighted by molar-refractivity contribution is 5.76. The summed E-state index contributed by atoms with van der Waals surface area (Å²) < 4.78 is 0. The summed E-state index contributed by atoms with van der Waals surface area (Å²) in [4.78, 5) is 11.5.